The predicted octanol–water partition coefficient (Wildman–Crippen LogP) is 1.10. The van der Waals surface area contributed by atoms with Crippen LogP contribution in [0.3, 0.4) is 0 Å². The van der Waals surface area contributed by atoms with Gasteiger partial charge in [-0.1, -0.05) is 6.42 Å². The number of nitrogens with zero attached hydrogens (tertiary/aromatic N) is 2. The molecule has 2 saturated carbocycles. The van der Waals surface area contributed by atoms with Gasteiger partial charge in [0, 0.05) is 5.92 Å². The fourth-order valence-electron chi connectivity index (χ4n) is 2.40. The van der Waals surface area contributed by atoms with E-state index in [4.69, 9.17) is 0 Å². The zero-order chi connectivity index (χ0) is 11.0. The summed E-state index contributed by atoms with van der Waals surface area (Å²) in [7, 11) is 0. The topological polar surface area (TPSA) is 70.7 Å². The Labute approximate surface area is 94.0 Å². The lowest BCUT2D eigenvalue weighted by molar-refractivity contribution is -0.131. The molecule has 1 heterocycles. The first kappa shape index (κ1) is 9.81. The van der Waals surface area contributed by atoms with Crippen LogP contribution in [0.1, 0.15) is 44.3 Å². The van der Waals surface area contributed by atoms with Crippen LogP contribution in [-0.4, -0.2) is 21.1 Å². The first-order valence-corrected chi connectivity index (χ1v) is 5.98. The summed E-state index contributed by atoms with van der Waals surface area (Å²) in [5.74, 6) is 1.24. The fraction of sp³-hybridized carbons (Fsp3) is 0.727. The summed E-state index contributed by atoms with van der Waals surface area (Å²) in [4.78, 5) is 16.1. The van der Waals surface area contributed by atoms with Crippen molar-refractivity contribution in [3.8, 4) is 0 Å². The number of hydrogen-bond donors (Lipinski definition) is 2. The molecule has 5 heteroatoms. The smallest absolute Gasteiger partial charge is 0.223 e. The maximum atomic E-state index is 12.0. The molecule has 16 heavy (non-hydrogen) atoms. The summed E-state index contributed by atoms with van der Waals surface area (Å²) in [6.07, 6.45) is 7.86. The van der Waals surface area contributed by atoms with Crippen LogP contribution in [0.2, 0.25) is 0 Å². The molecule has 1 aromatic rings. The molecule has 0 radical (unpaired) electrons. The molecule has 1 aromatic heterocycles. The van der Waals surface area contributed by atoms with Crippen molar-refractivity contribution in [3.63, 3.8) is 0 Å². The van der Waals surface area contributed by atoms with Crippen LogP contribution in [0, 0.1) is 5.92 Å². The number of aromatic amines is 1. The molecule has 3 rings (SSSR count). The minimum atomic E-state index is -0.247. The Bertz CT molecular complexity index is 379. The second kappa shape index (κ2) is 3.57. The SMILES string of the molecule is O=C(NC1(c2ncn[nH]2)CCC1)C1CCC1. The predicted molar refractivity (Wildman–Crippen MR) is 57.4 cm³/mol. The number of H-pyrrole nitrogens is 1. The molecule has 0 bridgehead atoms. The molecule has 2 aliphatic rings. The second-order valence-electron chi connectivity index (χ2n) is 4.89. The quantitative estimate of drug-likeness (QED) is 0.801. The third kappa shape index (κ3) is 1.42. The molecule has 0 aliphatic heterocycles. The van der Waals surface area contributed by atoms with E-state index in [-0.39, 0.29) is 17.4 Å². The highest BCUT2D eigenvalue weighted by Crippen LogP contribution is 2.40. The van der Waals surface area contributed by atoms with Crippen LogP contribution in [0.4, 0.5) is 0 Å². The van der Waals surface area contributed by atoms with Crippen LogP contribution in [-0.2, 0) is 10.3 Å². The van der Waals surface area contributed by atoms with Gasteiger partial charge in [0.15, 0.2) is 0 Å². The zero-order valence-corrected chi connectivity index (χ0v) is 9.20. The minimum absolute atomic E-state index is 0.197. The third-order valence-electron chi connectivity index (χ3n) is 3.91. The van der Waals surface area contributed by atoms with E-state index in [0.717, 1.165) is 37.9 Å². The Balaban J connectivity index is 1.73. The highest BCUT2D eigenvalue weighted by molar-refractivity contribution is 5.80. The van der Waals surface area contributed by atoms with Crippen LogP contribution < -0.4 is 5.32 Å². The molecule has 5 nitrogen and oxygen atoms in total. The monoisotopic (exact) mass is 220 g/mol. The summed E-state index contributed by atoms with van der Waals surface area (Å²) >= 11 is 0. The number of carbonyl (C=O) groups excluding carboxylic acids is 1. The van der Waals surface area contributed by atoms with Gasteiger partial charge in [-0.25, -0.2) is 4.98 Å². The highest BCUT2D eigenvalue weighted by Gasteiger charge is 2.44. The number of aromatic nitrogens is 3. The van der Waals surface area contributed by atoms with Gasteiger partial charge in [-0.15, -0.1) is 0 Å². The highest BCUT2D eigenvalue weighted by atomic mass is 16.2. The van der Waals surface area contributed by atoms with Crippen LogP contribution in [0.5, 0.6) is 0 Å². The summed E-state index contributed by atoms with van der Waals surface area (Å²) in [5, 5.41) is 9.91. The van der Waals surface area contributed by atoms with Crippen molar-refractivity contribution in [2.75, 3.05) is 0 Å². The van der Waals surface area contributed by atoms with Gasteiger partial charge in [0.25, 0.3) is 0 Å². The average molecular weight is 220 g/mol. The number of hydrogen-bond acceptors (Lipinski definition) is 3. The number of nitrogens with one attached hydrogen (secondary N) is 2. The Morgan fingerprint density at radius 1 is 1.44 bits per heavy atom. The van der Waals surface area contributed by atoms with Gasteiger partial charge in [-0.2, -0.15) is 5.10 Å². The molecule has 2 fully saturated rings. The van der Waals surface area contributed by atoms with Gasteiger partial charge in [0.2, 0.25) is 5.91 Å². The van der Waals surface area contributed by atoms with Gasteiger partial charge >= 0.3 is 0 Å². The van der Waals surface area contributed by atoms with E-state index < -0.39 is 0 Å². The van der Waals surface area contributed by atoms with E-state index in [2.05, 4.69) is 20.5 Å². The molecule has 0 spiro atoms. The maximum Gasteiger partial charge on any atom is 0.223 e. The zero-order valence-electron chi connectivity index (χ0n) is 9.20. The third-order valence-corrected chi connectivity index (χ3v) is 3.91. The van der Waals surface area contributed by atoms with Gasteiger partial charge in [0.1, 0.15) is 12.2 Å². The number of amides is 1. The second-order valence-corrected chi connectivity index (χ2v) is 4.89. The molecule has 0 atom stereocenters. The number of rotatable bonds is 3. The molecule has 2 N–H and O–H groups in total. The lowest BCUT2D eigenvalue weighted by Crippen LogP contribution is -2.53. The summed E-state index contributed by atoms with van der Waals surface area (Å²) in [6.45, 7) is 0. The lowest BCUT2D eigenvalue weighted by atomic mass is 9.74. The van der Waals surface area contributed by atoms with Crippen LogP contribution in [0.25, 0.3) is 0 Å². The molecule has 0 saturated heterocycles. The van der Waals surface area contributed by atoms with E-state index in [9.17, 15) is 4.79 Å². The normalized spacial score (nSPS) is 23.2. The van der Waals surface area contributed by atoms with Gasteiger partial charge in [0.05, 0.1) is 5.54 Å². The lowest BCUT2D eigenvalue weighted by Gasteiger charge is -2.42. The van der Waals surface area contributed by atoms with E-state index in [1.807, 2.05) is 0 Å². The van der Waals surface area contributed by atoms with E-state index in [1.165, 1.54) is 12.7 Å². The minimum Gasteiger partial charge on any atom is -0.343 e. The molecular weight excluding hydrogens is 204 g/mol. The summed E-state index contributed by atoms with van der Waals surface area (Å²) in [6, 6.07) is 0. The van der Waals surface area contributed by atoms with Crippen molar-refractivity contribution in [1.82, 2.24) is 20.5 Å². The summed E-state index contributed by atoms with van der Waals surface area (Å²) < 4.78 is 0. The van der Waals surface area contributed by atoms with Gasteiger partial charge in [-0.05, 0) is 32.1 Å². The number of carbonyl (C=O) groups is 1. The first-order chi connectivity index (χ1) is 7.80. The van der Waals surface area contributed by atoms with Crippen molar-refractivity contribution in [2.45, 2.75) is 44.1 Å². The van der Waals surface area contributed by atoms with Crippen molar-refractivity contribution >= 4 is 5.91 Å². The molecular formula is C11H16N4O. The van der Waals surface area contributed by atoms with E-state index >= 15 is 0 Å². The Hall–Kier alpha value is -1.39. The molecule has 86 valence electrons. The Kier molecular flexibility index (Phi) is 2.19. The van der Waals surface area contributed by atoms with Crippen molar-refractivity contribution in [1.29, 1.82) is 0 Å². The molecule has 2 aliphatic carbocycles. The van der Waals surface area contributed by atoms with Crippen LogP contribution >= 0.6 is 0 Å². The van der Waals surface area contributed by atoms with Crippen molar-refractivity contribution in [3.05, 3.63) is 12.2 Å². The molecule has 1 amide bonds. The van der Waals surface area contributed by atoms with Crippen molar-refractivity contribution < 1.29 is 4.79 Å². The fourth-order valence-corrected chi connectivity index (χ4v) is 2.40. The molecule has 0 aromatic carbocycles. The van der Waals surface area contributed by atoms with Crippen molar-refractivity contribution in [2.24, 2.45) is 5.92 Å². The molecule has 0 unspecified atom stereocenters. The average Bonchev–Trinajstić information content (AvgIpc) is 2.60. The van der Waals surface area contributed by atoms with E-state index in [0.29, 0.717) is 0 Å². The van der Waals surface area contributed by atoms with Crippen LogP contribution in [0.15, 0.2) is 6.33 Å². The Morgan fingerprint density at radius 2 is 2.25 bits per heavy atom. The van der Waals surface area contributed by atoms with Gasteiger partial charge < -0.3 is 5.32 Å². The summed E-state index contributed by atoms with van der Waals surface area (Å²) in [5.41, 5.74) is -0.247. The standard InChI is InChI=1S/C11H16N4O/c16-9(8-3-1-4-8)14-11(5-2-6-11)10-12-7-13-15-10/h7-8H,1-6H2,(H,14,16)(H,12,13,15). The van der Waals surface area contributed by atoms with E-state index in [1.54, 1.807) is 0 Å². The Morgan fingerprint density at radius 3 is 2.69 bits per heavy atom. The maximum absolute atomic E-state index is 12.0. The first-order valence-electron chi connectivity index (χ1n) is 5.98. The largest absolute Gasteiger partial charge is 0.343 e. The van der Waals surface area contributed by atoms with Gasteiger partial charge in [-0.3, -0.25) is 9.89 Å².